The number of likely N-dealkylation sites (tertiary alicyclic amines) is 1. The third-order valence-electron chi connectivity index (χ3n) is 4.35. The summed E-state index contributed by atoms with van der Waals surface area (Å²) < 4.78 is 0. The van der Waals surface area contributed by atoms with E-state index in [2.05, 4.69) is 40.9 Å². The summed E-state index contributed by atoms with van der Waals surface area (Å²) >= 11 is 1.79. The molecule has 0 radical (unpaired) electrons. The van der Waals surface area contributed by atoms with Crippen LogP contribution < -0.4 is 5.32 Å². The van der Waals surface area contributed by atoms with Crippen LogP contribution >= 0.6 is 11.3 Å². The summed E-state index contributed by atoms with van der Waals surface area (Å²) in [5.41, 5.74) is 1.47. The van der Waals surface area contributed by atoms with Crippen LogP contribution in [0, 0.1) is 11.8 Å². The molecule has 3 heteroatoms. The van der Waals surface area contributed by atoms with Crippen molar-refractivity contribution in [3.05, 3.63) is 22.4 Å². The van der Waals surface area contributed by atoms with Crippen molar-refractivity contribution in [1.82, 2.24) is 10.2 Å². The van der Waals surface area contributed by atoms with E-state index in [1.807, 2.05) is 0 Å². The Labute approximate surface area is 122 Å². The molecule has 1 aromatic rings. The molecular formula is C16H28N2S. The molecule has 0 saturated carbocycles. The van der Waals surface area contributed by atoms with Gasteiger partial charge in [0.15, 0.2) is 0 Å². The fourth-order valence-corrected chi connectivity index (χ4v) is 3.58. The standard InChI is InChI=1S/C16H28N2S/c1-14(2)16-4-9-18(10-5-16)11-8-17-7-3-15-6-12-19-13-15/h6,12-14,16-17H,3-5,7-11H2,1-2H3. The maximum absolute atomic E-state index is 3.57. The Balaban J connectivity index is 1.50. The minimum Gasteiger partial charge on any atom is -0.315 e. The fourth-order valence-electron chi connectivity index (χ4n) is 2.87. The SMILES string of the molecule is CC(C)C1CCN(CCNCCc2ccsc2)CC1. The molecule has 2 nitrogen and oxygen atoms in total. The van der Waals surface area contributed by atoms with E-state index in [1.54, 1.807) is 11.3 Å². The first-order valence-electron chi connectivity index (χ1n) is 7.70. The molecule has 0 amide bonds. The van der Waals surface area contributed by atoms with Crippen molar-refractivity contribution < 1.29 is 0 Å². The molecule has 0 aromatic carbocycles. The molecule has 0 aliphatic carbocycles. The molecule has 1 N–H and O–H groups in total. The Morgan fingerprint density at radius 3 is 2.74 bits per heavy atom. The van der Waals surface area contributed by atoms with E-state index in [1.165, 1.54) is 44.5 Å². The molecule has 19 heavy (non-hydrogen) atoms. The van der Waals surface area contributed by atoms with Gasteiger partial charge in [-0.1, -0.05) is 13.8 Å². The number of nitrogens with one attached hydrogen (secondary N) is 1. The van der Waals surface area contributed by atoms with E-state index in [4.69, 9.17) is 0 Å². The highest BCUT2D eigenvalue weighted by molar-refractivity contribution is 7.07. The van der Waals surface area contributed by atoms with Crippen LogP contribution in [0.5, 0.6) is 0 Å². The Morgan fingerprint density at radius 2 is 2.11 bits per heavy atom. The molecular weight excluding hydrogens is 252 g/mol. The molecule has 0 spiro atoms. The van der Waals surface area contributed by atoms with Crippen LogP contribution in [0.15, 0.2) is 16.8 Å². The Morgan fingerprint density at radius 1 is 1.32 bits per heavy atom. The van der Waals surface area contributed by atoms with Gasteiger partial charge < -0.3 is 10.2 Å². The number of rotatable bonds is 7. The highest BCUT2D eigenvalue weighted by Gasteiger charge is 2.20. The van der Waals surface area contributed by atoms with Crippen LogP contribution in [0.4, 0.5) is 0 Å². The summed E-state index contributed by atoms with van der Waals surface area (Å²) in [6.45, 7) is 10.8. The monoisotopic (exact) mass is 280 g/mol. The molecule has 0 bridgehead atoms. The molecule has 1 fully saturated rings. The lowest BCUT2D eigenvalue weighted by atomic mass is 9.87. The van der Waals surface area contributed by atoms with Crippen LogP contribution in [0.25, 0.3) is 0 Å². The molecule has 0 unspecified atom stereocenters. The smallest absolute Gasteiger partial charge is 0.0107 e. The minimum atomic E-state index is 0.867. The summed E-state index contributed by atoms with van der Waals surface area (Å²) in [4.78, 5) is 2.62. The second-order valence-electron chi connectivity index (χ2n) is 6.05. The van der Waals surface area contributed by atoms with Crippen LogP contribution in [-0.4, -0.2) is 37.6 Å². The van der Waals surface area contributed by atoms with Gasteiger partial charge in [-0.2, -0.15) is 11.3 Å². The molecule has 1 aliphatic heterocycles. The van der Waals surface area contributed by atoms with Crippen molar-refractivity contribution in [3.63, 3.8) is 0 Å². The molecule has 0 atom stereocenters. The molecule has 1 aromatic heterocycles. The van der Waals surface area contributed by atoms with Crippen LogP contribution in [0.2, 0.25) is 0 Å². The van der Waals surface area contributed by atoms with Gasteiger partial charge in [-0.15, -0.1) is 0 Å². The molecule has 108 valence electrons. The van der Waals surface area contributed by atoms with Crippen molar-refractivity contribution in [3.8, 4) is 0 Å². The lowest BCUT2D eigenvalue weighted by Crippen LogP contribution is -2.39. The summed E-state index contributed by atoms with van der Waals surface area (Å²) in [6.07, 6.45) is 3.96. The normalized spacial score (nSPS) is 18.3. The van der Waals surface area contributed by atoms with Gasteiger partial charge in [0.1, 0.15) is 0 Å². The first kappa shape index (κ1) is 15.0. The van der Waals surface area contributed by atoms with Gasteiger partial charge in [0.2, 0.25) is 0 Å². The van der Waals surface area contributed by atoms with Crippen LogP contribution in [0.3, 0.4) is 0 Å². The van der Waals surface area contributed by atoms with Gasteiger partial charge >= 0.3 is 0 Å². The Kier molecular flexibility index (Phi) is 6.35. The third-order valence-corrected chi connectivity index (χ3v) is 5.08. The fraction of sp³-hybridized carbons (Fsp3) is 0.750. The van der Waals surface area contributed by atoms with E-state index < -0.39 is 0 Å². The number of piperidine rings is 1. The predicted octanol–water partition coefficient (Wildman–Crippen LogP) is 3.25. The van der Waals surface area contributed by atoms with Crippen LogP contribution in [0.1, 0.15) is 32.3 Å². The van der Waals surface area contributed by atoms with Crippen LogP contribution in [-0.2, 0) is 6.42 Å². The summed E-state index contributed by atoms with van der Waals surface area (Å²) in [7, 11) is 0. The van der Waals surface area contributed by atoms with Crippen molar-refractivity contribution >= 4 is 11.3 Å². The topological polar surface area (TPSA) is 15.3 Å². The van der Waals surface area contributed by atoms with Crippen molar-refractivity contribution in [2.24, 2.45) is 11.8 Å². The summed E-state index contributed by atoms with van der Waals surface area (Å²) in [5.74, 6) is 1.83. The molecule has 2 rings (SSSR count). The Bertz CT molecular complexity index is 327. The Hall–Kier alpha value is -0.380. The largest absolute Gasteiger partial charge is 0.315 e. The van der Waals surface area contributed by atoms with Gasteiger partial charge in [0.05, 0.1) is 0 Å². The zero-order valence-electron chi connectivity index (χ0n) is 12.4. The quantitative estimate of drug-likeness (QED) is 0.771. The average molecular weight is 280 g/mol. The third kappa shape index (κ3) is 5.25. The number of nitrogens with zero attached hydrogens (tertiary/aromatic N) is 1. The minimum absolute atomic E-state index is 0.867. The lowest BCUT2D eigenvalue weighted by Gasteiger charge is -2.33. The highest BCUT2D eigenvalue weighted by Crippen LogP contribution is 2.23. The van der Waals surface area contributed by atoms with E-state index in [0.717, 1.165) is 24.9 Å². The molecule has 1 saturated heterocycles. The first-order valence-corrected chi connectivity index (χ1v) is 8.64. The van der Waals surface area contributed by atoms with Gasteiger partial charge in [-0.05, 0) is 73.1 Å². The van der Waals surface area contributed by atoms with Gasteiger partial charge in [0.25, 0.3) is 0 Å². The molecule has 1 aliphatic rings. The molecule has 2 heterocycles. The predicted molar refractivity (Wildman–Crippen MR) is 84.9 cm³/mol. The van der Waals surface area contributed by atoms with Gasteiger partial charge in [-0.25, -0.2) is 0 Å². The second-order valence-corrected chi connectivity index (χ2v) is 6.83. The zero-order chi connectivity index (χ0) is 13.5. The van der Waals surface area contributed by atoms with Crippen molar-refractivity contribution in [2.45, 2.75) is 33.1 Å². The summed E-state index contributed by atoms with van der Waals surface area (Å²) in [5, 5.41) is 7.98. The van der Waals surface area contributed by atoms with Gasteiger partial charge in [0, 0.05) is 13.1 Å². The first-order chi connectivity index (χ1) is 9.25. The highest BCUT2D eigenvalue weighted by atomic mass is 32.1. The van der Waals surface area contributed by atoms with Crippen molar-refractivity contribution in [1.29, 1.82) is 0 Å². The average Bonchev–Trinajstić information content (AvgIpc) is 2.92. The van der Waals surface area contributed by atoms with E-state index in [9.17, 15) is 0 Å². The van der Waals surface area contributed by atoms with E-state index in [0.29, 0.717) is 0 Å². The summed E-state index contributed by atoms with van der Waals surface area (Å²) in [6, 6.07) is 2.23. The van der Waals surface area contributed by atoms with E-state index >= 15 is 0 Å². The maximum atomic E-state index is 3.57. The number of thiophene rings is 1. The van der Waals surface area contributed by atoms with Crippen molar-refractivity contribution in [2.75, 3.05) is 32.7 Å². The van der Waals surface area contributed by atoms with E-state index in [-0.39, 0.29) is 0 Å². The number of hydrogen-bond acceptors (Lipinski definition) is 3. The maximum Gasteiger partial charge on any atom is 0.0107 e. The lowest BCUT2D eigenvalue weighted by molar-refractivity contribution is 0.159. The second kappa shape index (κ2) is 8.03. The van der Waals surface area contributed by atoms with Gasteiger partial charge in [-0.3, -0.25) is 0 Å². The zero-order valence-corrected chi connectivity index (χ0v) is 13.2. The number of hydrogen-bond donors (Lipinski definition) is 1.